The van der Waals surface area contributed by atoms with Gasteiger partial charge in [0.15, 0.2) is 5.82 Å². The number of carbonyl (C=O) groups is 1. The van der Waals surface area contributed by atoms with Crippen LogP contribution in [0.5, 0.6) is 0 Å². The lowest BCUT2D eigenvalue weighted by molar-refractivity contribution is 0.102. The molecule has 2 aliphatic heterocycles. The van der Waals surface area contributed by atoms with Crippen molar-refractivity contribution in [2.45, 2.75) is 51.0 Å². The quantitative estimate of drug-likeness (QED) is 0.606. The summed E-state index contributed by atoms with van der Waals surface area (Å²) in [5.74, 6) is 1.57. The van der Waals surface area contributed by atoms with E-state index >= 15 is 0 Å². The van der Waals surface area contributed by atoms with Crippen LogP contribution in [0, 0.1) is 5.92 Å². The minimum atomic E-state index is -0.111. The number of piperidine rings is 2. The molecule has 6 heteroatoms. The molecule has 2 aromatic rings. The first kappa shape index (κ1) is 21.3. The Hall–Kier alpha value is -1.92. The largest absolute Gasteiger partial charge is 0.355 e. The lowest BCUT2D eigenvalue weighted by Crippen LogP contribution is -2.37. The van der Waals surface area contributed by atoms with E-state index in [1.807, 2.05) is 42.6 Å². The summed E-state index contributed by atoms with van der Waals surface area (Å²) in [4.78, 5) is 19.6. The van der Waals surface area contributed by atoms with Crippen molar-refractivity contribution < 1.29 is 4.79 Å². The molecular weight excluding hydrogens is 440 g/mol. The van der Waals surface area contributed by atoms with Crippen molar-refractivity contribution in [1.82, 2.24) is 10.3 Å². The van der Waals surface area contributed by atoms with Gasteiger partial charge in [-0.2, -0.15) is 0 Å². The fraction of sp³-hybridized carbons (Fsp3) is 0.500. The number of amides is 1. The van der Waals surface area contributed by atoms with Crippen LogP contribution in [0.1, 0.15) is 55.3 Å². The van der Waals surface area contributed by atoms with Gasteiger partial charge in [-0.05, 0) is 81.3 Å². The third-order valence-corrected chi connectivity index (χ3v) is 6.86. The molecule has 160 valence electrons. The smallest absolute Gasteiger partial charge is 0.255 e. The number of pyridine rings is 1. The molecule has 2 fully saturated rings. The number of hydrogen-bond donors (Lipinski definition) is 2. The molecule has 0 radical (unpaired) electrons. The van der Waals surface area contributed by atoms with Gasteiger partial charge in [0.25, 0.3) is 5.91 Å². The summed E-state index contributed by atoms with van der Waals surface area (Å²) in [6, 6.07) is 12.0. The molecule has 0 spiro atoms. The zero-order valence-electron chi connectivity index (χ0n) is 17.4. The fourth-order valence-electron chi connectivity index (χ4n) is 4.61. The SMILES string of the molecule is O=C(Nc1cccnc1N1CCC(CCC2CCCCN2)CC1)c1cccc(Br)c1. The van der Waals surface area contributed by atoms with Crippen molar-refractivity contribution in [3.8, 4) is 0 Å². The highest BCUT2D eigenvalue weighted by atomic mass is 79.9. The molecule has 2 N–H and O–H groups in total. The van der Waals surface area contributed by atoms with Gasteiger partial charge in [-0.3, -0.25) is 4.79 Å². The average Bonchev–Trinajstić information content (AvgIpc) is 2.79. The fourth-order valence-corrected chi connectivity index (χ4v) is 5.01. The van der Waals surface area contributed by atoms with E-state index in [4.69, 9.17) is 0 Å². The summed E-state index contributed by atoms with van der Waals surface area (Å²) >= 11 is 3.43. The summed E-state index contributed by atoms with van der Waals surface area (Å²) in [5, 5.41) is 6.73. The van der Waals surface area contributed by atoms with Crippen molar-refractivity contribution in [3.05, 3.63) is 52.6 Å². The van der Waals surface area contributed by atoms with E-state index in [0.717, 1.165) is 41.0 Å². The van der Waals surface area contributed by atoms with Crippen LogP contribution in [0.3, 0.4) is 0 Å². The third kappa shape index (κ3) is 5.61. The molecule has 1 aromatic heterocycles. The van der Waals surface area contributed by atoms with Gasteiger partial charge >= 0.3 is 0 Å². The Balaban J connectivity index is 1.33. The zero-order chi connectivity index (χ0) is 20.8. The predicted molar refractivity (Wildman–Crippen MR) is 126 cm³/mol. The van der Waals surface area contributed by atoms with Gasteiger partial charge in [0, 0.05) is 35.4 Å². The van der Waals surface area contributed by atoms with Crippen LogP contribution in [-0.2, 0) is 0 Å². The molecule has 3 heterocycles. The second-order valence-electron chi connectivity index (χ2n) is 8.49. The lowest BCUT2D eigenvalue weighted by Gasteiger charge is -2.34. The number of nitrogens with one attached hydrogen (secondary N) is 2. The predicted octanol–water partition coefficient (Wildman–Crippen LogP) is 5.24. The molecule has 1 atom stereocenters. The molecular formula is C24H31BrN4O. The topological polar surface area (TPSA) is 57.3 Å². The van der Waals surface area contributed by atoms with Gasteiger partial charge in [-0.25, -0.2) is 4.98 Å². The van der Waals surface area contributed by atoms with E-state index in [2.05, 4.69) is 36.4 Å². The Morgan fingerprint density at radius 1 is 1.13 bits per heavy atom. The summed E-state index contributed by atoms with van der Waals surface area (Å²) in [6.45, 7) is 3.19. The van der Waals surface area contributed by atoms with Crippen LogP contribution in [0.15, 0.2) is 47.1 Å². The summed E-state index contributed by atoms with van der Waals surface area (Å²) < 4.78 is 0.895. The van der Waals surface area contributed by atoms with Crippen molar-refractivity contribution in [2.24, 2.45) is 5.92 Å². The van der Waals surface area contributed by atoms with Crippen molar-refractivity contribution >= 4 is 33.3 Å². The number of anilines is 2. The number of nitrogens with zero attached hydrogens (tertiary/aromatic N) is 2. The first-order valence-electron chi connectivity index (χ1n) is 11.2. The van der Waals surface area contributed by atoms with Crippen molar-refractivity contribution in [3.63, 3.8) is 0 Å². The third-order valence-electron chi connectivity index (χ3n) is 6.37. The Morgan fingerprint density at radius 3 is 2.77 bits per heavy atom. The van der Waals surface area contributed by atoms with Crippen LogP contribution >= 0.6 is 15.9 Å². The molecule has 4 rings (SSSR count). The molecule has 30 heavy (non-hydrogen) atoms. The Morgan fingerprint density at radius 2 is 2.00 bits per heavy atom. The summed E-state index contributed by atoms with van der Waals surface area (Å²) in [7, 11) is 0. The first-order chi connectivity index (χ1) is 14.7. The Kier molecular flexibility index (Phi) is 7.39. The minimum Gasteiger partial charge on any atom is -0.355 e. The number of benzene rings is 1. The van der Waals surface area contributed by atoms with E-state index in [-0.39, 0.29) is 5.91 Å². The first-order valence-corrected chi connectivity index (χ1v) is 12.0. The maximum atomic E-state index is 12.7. The van der Waals surface area contributed by atoms with Gasteiger partial charge in [0.05, 0.1) is 5.69 Å². The lowest BCUT2D eigenvalue weighted by atomic mass is 9.89. The Bertz CT molecular complexity index is 845. The second kappa shape index (κ2) is 10.4. The second-order valence-corrected chi connectivity index (χ2v) is 9.41. The van der Waals surface area contributed by atoms with Gasteiger partial charge in [0.1, 0.15) is 0 Å². The average molecular weight is 471 g/mol. The zero-order valence-corrected chi connectivity index (χ0v) is 19.0. The van der Waals surface area contributed by atoms with Gasteiger partial charge < -0.3 is 15.5 Å². The van der Waals surface area contributed by atoms with Crippen LogP contribution in [-0.4, -0.2) is 36.6 Å². The molecule has 2 saturated heterocycles. The number of rotatable bonds is 6. The number of carbonyl (C=O) groups excluding carboxylic acids is 1. The van der Waals surface area contributed by atoms with E-state index in [1.54, 1.807) is 0 Å². The van der Waals surface area contributed by atoms with Crippen LogP contribution < -0.4 is 15.5 Å². The summed E-state index contributed by atoms with van der Waals surface area (Å²) in [6.07, 6.45) is 10.9. The number of aromatic nitrogens is 1. The van der Waals surface area contributed by atoms with Gasteiger partial charge in [0.2, 0.25) is 0 Å². The van der Waals surface area contributed by atoms with Crippen molar-refractivity contribution in [1.29, 1.82) is 0 Å². The van der Waals surface area contributed by atoms with E-state index in [9.17, 15) is 4.79 Å². The highest BCUT2D eigenvalue weighted by molar-refractivity contribution is 9.10. The van der Waals surface area contributed by atoms with E-state index in [0.29, 0.717) is 5.56 Å². The van der Waals surface area contributed by atoms with E-state index in [1.165, 1.54) is 51.5 Å². The molecule has 5 nitrogen and oxygen atoms in total. The molecule has 0 bridgehead atoms. The van der Waals surface area contributed by atoms with E-state index < -0.39 is 0 Å². The molecule has 2 aliphatic rings. The Labute approximate surface area is 187 Å². The van der Waals surface area contributed by atoms with Gasteiger partial charge in [-0.1, -0.05) is 28.4 Å². The maximum absolute atomic E-state index is 12.7. The number of halogens is 1. The number of hydrogen-bond acceptors (Lipinski definition) is 4. The highest BCUT2D eigenvalue weighted by Gasteiger charge is 2.23. The van der Waals surface area contributed by atoms with Crippen LogP contribution in [0.25, 0.3) is 0 Å². The minimum absolute atomic E-state index is 0.111. The monoisotopic (exact) mass is 470 g/mol. The van der Waals surface area contributed by atoms with Gasteiger partial charge in [-0.15, -0.1) is 0 Å². The maximum Gasteiger partial charge on any atom is 0.255 e. The standard InChI is InChI=1S/C24H31BrN4O/c25-20-6-3-5-19(17-20)24(30)28-22-8-4-14-27-23(22)29-15-11-18(12-16-29)9-10-21-7-1-2-13-26-21/h3-6,8,14,17-18,21,26H,1-2,7,9-13,15-16H2,(H,28,30). The molecule has 1 amide bonds. The van der Waals surface area contributed by atoms with Crippen LogP contribution in [0.2, 0.25) is 0 Å². The highest BCUT2D eigenvalue weighted by Crippen LogP contribution is 2.30. The summed E-state index contributed by atoms with van der Waals surface area (Å²) in [5.41, 5.74) is 1.42. The van der Waals surface area contributed by atoms with Crippen molar-refractivity contribution in [2.75, 3.05) is 29.9 Å². The van der Waals surface area contributed by atoms with Crippen LogP contribution in [0.4, 0.5) is 11.5 Å². The molecule has 1 unspecified atom stereocenters. The molecule has 0 aliphatic carbocycles. The normalized spacial score (nSPS) is 20.2. The molecule has 1 aromatic carbocycles. The molecule has 0 saturated carbocycles.